The van der Waals surface area contributed by atoms with Crippen molar-refractivity contribution >= 4 is 10.0 Å². The molecule has 0 unspecified atom stereocenters. The molecule has 128 valence electrons. The van der Waals surface area contributed by atoms with Crippen LogP contribution in [0.3, 0.4) is 0 Å². The fourth-order valence-electron chi connectivity index (χ4n) is 3.22. The van der Waals surface area contributed by atoms with Crippen LogP contribution in [0.25, 0.3) is 0 Å². The zero-order valence-electron chi connectivity index (χ0n) is 13.9. The van der Waals surface area contributed by atoms with Crippen molar-refractivity contribution < 1.29 is 13.2 Å². The summed E-state index contributed by atoms with van der Waals surface area (Å²) < 4.78 is 33.6. The Kier molecular flexibility index (Phi) is 5.04. The smallest absolute Gasteiger partial charge is 0.240 e. The van der Waals surface area contributed by atoms with Crippen LogP contribution in [0.2, 0.25) is 0 Å². The van der Waals surface area contributed by atoms with Gasteiger partial charge in [-0.2, -0.15) is 0 Å². The summed E-state index contributed by atoms with van der Waals surface area (Å²) in [4.78, 5) is 0.317. The number of sulfonamides is 1. The summed E-state index contributed by atoms with van der Waals surface area (Å²) in [6.45, 7) is 3.59. The molecule has 1 aliphatic rings. The Hall–Kier alpha value is -1.69. The van der Waals surface area contributed by atoms with Gasteiger partial charge in [0.15, 0.2) is 0 Å². The summed E-state index contributed by atoms with van der Waals surface area (Å²) in [6.07, 6.45) is 1.63. The minimum atomic E-state index is -3.52. The molecule has 2 aromatic carbocycles. The number of benzene rings is 2. The molecule has 0 bridgehead atoms. The Morgan fingerprint density at radius 3 is 2.42 bits per heavy atom. The van der Waals surface area contributed by atoms with Gasteiger partial charge in [0.2, 0.25) is 10.0 Å². The first kappa shape index (κ1) is 17.1. The van der Waals surface area contributed by atoms with Crippen molar-refractivity contribution in [2.24, 2.45) is 0 Å². The molecule has 1 N–H and O–H groups in total. The van der Waals surface area contributed by atoms with Gasteiger partial charge in [0.1, 0.15) is 0 Å². The third kappa shape index (κ3) is 3.69. The molecule has 0 aromatic heterocycles. The third-order valence-corrected chi connectivity index (χ3v) is 6.14. The first-order valence-corrected chi connectivity index (χ1v) is 9.70. The third-order valence-electron chi connectivity index (χ3n) is 4.74. The van der Waals surface area contributed by atoms with Crippen LogP contribution < -0.4 is 4.72 Å². The molecule has 1 heterocycles. The first-order valence-electron chi connectivity index (χ1n) is 8.22. The molecule has 1 fully saturated rings. The maximum atomic E-state index is 12.7. The van der Waals surface area contributed by atoms with Crippen molar-refractivity contribution in [2.75, 3.05) is 19.8 Å². The predicted octanol–water partition coefficient (Wildman–Crippen LogP) is 3.02. The highest BCUT2D eigenvalue weighted by molar-refractivity contribution is 7.89. The summed E-state index contributed by atoms with van der Waals surface area (Å²) in [5.74, 6) is 0. The molecule has 0 radical (unpaired) electrons. The van der Waals surface area contributed by atoms with Crippen LogP contribution in [0, 0.1) is 6.92 Å². The van der Waals surface area contributed by atoms with Crippen LogP contribution in [-0.4, -0.2) is 28.2 Å². The lowest BCUT2D eigenvalue weighted by molar-refractivity contribution is 0.0517. The van der Waals surface area contributed by atoms with E-state index in [2.05, 4.69) is 16.9 Å². The summed E-state index contributed by atoms with van der Waals surface area (Å²) >= 11 is 0. The van der Waals surface area contributed by atoms with Gasteiger partial charge in [0, 0.05) is 25.2 Å². The van der Waals surface area contributed by atoms with E-state index >= 15 is 0 Å². The largest absolute Gasteiger partial charge is 0.381 e. The lowest BCUT2D eigenvalue weighted by Crippen LogP contribution is -2.44. The van der Waals surface area contributed by atoms with E-state index in [0.29, 0.717) is 24.7 Å². The van der Waals surface area contributed by atoms with E-state index in [4.69, 9.17) is 4.74 Å². The van der Waals surface area contributed by atoms with Gasteiger partial charge in [-0.1, -0.05) is 42.5 Å². The monoisotopic (exact) mass is 345 g/mol. The average molecular weight is 345 g/mol. The number of aryl methyl sites for hydroxylation is 1. The second kappa shape index (κ2) is 7.05. The van der Waals surface area contributed by atoms with Gasteiger partial charge < -0.3 is 4.74 Å². The quantitative estimate of drug-likeness (QED) is 0.906. The molecule has 0 atom stereocenters. The minimum Gasteiger partial charge on any atom is -0.381 e. The second-order valence-electron chi connectivity index (χ2n) is 6.40. The van der Waals surface area contributed by atoms with Gasteiger partial charge in [-0.3, -0.25) is 0 Å². The summed E-state index contributed by atoms with van der Waals surface area (Å²) in [5.41, 5.74) is 1.89. The van der Waals surface area contributed by atoms with E-state index in [9.17, 15) is 8.42 Å². The summed E-state index contributed by atoms with van der Waals surface area (Å²) in [6, 6.07) is 17.1. The molecule has 2 aromatic rings. The minimum absolute atomic E-state index is 0.212. The van der Waals surface area contributed by atoms with Gasteiger partial charge in [-0.25, -0.2) is 13.1 Å². The molecule has 0 spiro atoms. The standard InChI is InChI=1S/C19H23NO3S/c1-16-6-5-9-18(14-16)24(21,22)20-15-19(10-12-23-13-11-19)17-7-3-2-4-8-17/h2-9,14,20H,10-13,15H2,1H3. The number of nitrogens with one attached hydrogen (secondary N) is 1. The fraction of sp³-hybridized carbons (Fsp3) is 0.368. The van der Waals surface area contributed by atoms with Crippen molar-refractivity contribution in [3.63, 3.8) is 0 Å². The van der Waals surface area contributed by atoms with E-state index in [1.54, 1.807) is 18.2 Å². The van der Waals surface area contributed by atoms with E-state index in [0.717, 1.165) is 18.4 Å². The molecule has 0 amide bonds. The number of hydrogen-bond donors (Lipinski definition) is 1. The molecule has 24 heavy (non-hydrogen) atoms. The van der Waals surface area contributed by atoms with Gasteiger partial charge >= 0.3 is 0 Å². The van der Waals surface area contributed by atoms with Crippen LogP contribution in [0.15, 0.2) is 59.5 Å². The SMILES string of the molecule is Cc1cccc(S(=O)(=O)NCC2(c3ccccc3)CCOCC2)c1. The maximum absolute atomic E-state index is 12.7. The Labute approximate surface area is 143 Å². The van der Waals surface area contributed by atoms with Gasteiger partial charge in [0.25, 0.3) is 0 Å². The second-order valence-corrected chi connectivity index (χ2v) is 8.17. The van der Waals surface area contributed by atoms with Gasteiger partial charge in [0.05, 0.1) is 4.90 Å². The normalized spacial score (nSPS) is 17.5. The first-order chi connectivity index (χ1) is 11.5. The van der Waals surface area contributed by atoms with E-state index in [-0.39, 0.29) is 5.41 Å². The van der Waals surface area contributed by atoms with E-state index < -0.39 is 10.0 Å². The highest BCUT2D eigenvalue weighted by atomic mass is 32.2. The Morgan fingerprint density at radius 1 is 1.04 bits per heavy atom. The van der Waals surface area contributed by atoms with Crippen LogP contribution in [-0.2, 0) is 20.2 Å². The van der Waals surface area contributed by atoms with Gasteiger partial charge in [-0.15, -0.1) is 0 Å². The lowest BCUT2D eigenvalue weighted by atomic mass is 9.74. The van der Waals surface area contributed by atoms with Crippen molar-refractivity contribution in [3.8, 4) is 0 Å². The lowest BCUT2D eigenvalue weighted by Gasteiger charge is -2.37. The highest BCUT2D eigenvalue weighted by Crippen LogP contribution is 2.34. The van der Waals surface area contributed by atoms with Crippen LogP contribution >= 0.6 is 0 Å². The molecule has 1 aliphatic heterocycles. The number of hydrogen-bond acceptors (Lipinski definition) is 3. The average Bonchev–Trinajstić information content (AvgIpc) is 2.62. The molecule has 5 heteroatoms. The predicted molar refractivity (Wildman–Crippen MR) is 94.5 cm³/mol. The molecule has 3 rings (SSSR count). The molecular weight excluding hydrogens is 322 g/mol. The highest BCUT2D eigenvalue weighted by Gasteiger charge is 2.35. The molecule has 4 nitrogen and oxygen atoms in total. The Balaban J connectivity index is 1.84. The van der Waals surface area contributed by atoms with Crippen LogP contribution in [0.4, 0.5) is 0 Å². The van der Waals surface area contributed by atoms with Crippen molar-refractivity contribution in [2.45, 2.75) is 30.1 Å². The maximum Gasteiger partial charge on any atom is 0.240 e. The zero-order valence-corrected chi connectivity index (χ0v) is 14.7. The van der Waals surface area contributed by atoms with Gasteiger partial charge in [-0.05, 0) is 43.0 Å². The Bertz CT molecular complexity index is 781. The van der Waals surface area contributed by atoms with E-state index in [1.807, 2.05) is 31.2 Å². The molecular formula is C19H23NO3S. The summed E-state index contributed by atoms with van der Waals surface area (Å²) in [7, 11) is -3.52. The van der Waals surface area contributed by atoms with E-state index in [1.165, 1.54) is 5.56 Å². The van der Waals surface area contributed by atoms with Crippen LogP contribution in [0.5, 0.6) is 0 Å². The molecule has 0 aliphatic carbocycles. The molecule has 0 saturated carbocycles. The Morgan fingerprint density at radius 2 is 1.75 bits per heavy atom. The van der Waals surface area contributed by atoms with Crippen molar-refractivity contribution in [1.82, 2.24) is 4.72 Å². The fourth-order valence-corrected chi connectivity index (χ4v) is 4.45. The van der Waals surface area contributed by atoms with Crippen molar-refractivity contribution in [1.29, 1.82) is 0 Å². The topological polar surface area (TPSA) is 55.4 Å². The van der Waals surface area contributed by atoms with Crippen LogP contribution in [0.1, 0.15) is 24.0 Å². The summed E-state index contributed by atoms with van der Waals surface area (Å²) in [5, 5.41) is 0. The van der Waals surface area contributed by atoms with Crippen molar-refractivity contribution in [3.05, 3.63) is 65.7 Å². The number of ether oxygens (including phenoxy) is 1. The zero-order chi connectivity index (χ0) is 17.0. The molecule has 1 saturated heterocycles. The number of rotatable bonds is 5.